The third kappa shape index (κ3) is 1.20. The Bertz CT molecular complexity index is 66.9. The van der Waals surface area contributed by atoms with E-state index in [0.29, 0.717) is 12.6 Å². The predicted octanol–water partition coefficient (Wildman–Crippen LogP) is -0.0233. The highest BCUT2D eigenvalue weighted by Gasteiger charge is 2.28. The molecule has 0 aromatic carbocycles. The first-order chi connectivity index (χ1) is 3.88. The zero-order chi connectivity index (χ0) is 5.98. The van der Waals surface area contributed by atoms with Crippen LogP contribution in [0.1, 0.15) is 12.8 Å². The van der Waals surface area contributed by atoms with Crippen molar-refractivity contribution in [2.45, 2.75) is 18.9 Å². The van der Waals surface area contributed by atoms with Crippen molar-refractivity contribution in [3.05, 3.63) is 0 Å². The molecule has 2 N–H and O–H groups in total. The van der Waals surface area contributed by atoms with E-state index in [9.17, 15) is 0 Å². The van der Waals surface area contributed by atoms with Gasteiger partial charge in [0, 0.05) is 6.04 Å². The Kier molecular flexibility index (Phi) is 1.86. The highest BCUT2D eigenvalue weighted by molar-refractivity contribution is 4.84. The lowest BCUT2D eigenvalue weighted by Gasteiger charge is -2.09. The van der Waals surface area contributed by atoms with E-state index in [2.05, 4.69) is 5.32 Å². The van der Waals surface area contributed by atoms with E-state index in [-0.39, 0.29) is 0 Å². The lowest BCUT2D eigenvalue weighted by molar-refractivity contribution is 0.235. The Morgan fingerprint density at radius 2 is 2.38 bits per heavy atom. The number of nitrogens with one attached hydrogen (secondary N) is 1. The van der Waals surface area contributed by atoms with Crippen LogP contribution in [0.4, 0.5) is 0 Å². The Balaban J connectivity index is 2.15. The maximum atomic E-state index is 8.67. The second-order valence-electron chi connectivity index (χ2n) is 2.42. The number of aliphatic hydroxyl groups excluding tert-OH is 1. The van der Waals surface area contributed by atoms with Gasteiger partial charge in [0.25, 0.3) is 0 Å². The van der Waals surface area contributed by atoms with Crippen LogP contribution >= 0.6 is 0 Å². The van der Waals surface area contributed by atoms with Gasteiger partial charge in [0.15, 0.2) is 0 Å². The average molecular weight is 115 g/mol. The fraction of sp³-hybridized carbons (Fsp3) is 1.00. The lowest BCUT2D eigenvalue weighted by atomic mass is 10.2. The molecule has 2 nitrogen and oxygen atoms in total. The summed E-state index contributed by atoms with van der Waals surface area (Å²) in [6.45, 7) is 0.293. The van der Waals surface area contributed by atoms with Gasteiger partial charge in [0.05, 0.1) is 6.61 Å². The summed E-state index contributed by atoms with van der Waals surface area (Å²) in [6.07, 6.45) is 2.60. The van der Waals surface area contributed by atoms with E-state index < -0.39 is 0 Å². The number of likely N-dealkylation sites (N-methyl/N-ethyl adjacent to an activating group) is 1. The number of rotatable bonds is 3. The van der Waals surface area contributed by atoms with Gasteiger partial charge in [-0.1, -0.05) is 0 Å². The third-order valence-corrected chi connectivity index (χ3v) is 1.76. The SMILES string of the molecule is CNC(CO)C1CC1. The van der Waals surface area contributed by atoms with E-state index in [1.807, 2.05) is 7.05 Å². The van der Waals surface area contributed by atoms with Crippen LogP contribution in [0.3, 0.4) is 0 Å². The van der Waals surface area contributed by atoms with E-state index in [4.69, 9.17) is 5.11 Å². The summed E-state index contributed by atoms with van der Waals surface area (Å²) in [7, 11) is 1.90. The standard InChI is InChI=1S/C6H13NO/c1-7-6(4-8)5-2-3-5/h5-8H,2-4H2,1H3. The molecule has 0 bridgehead atoms. The molecule has 8 heavy (non-hydrogen) atoms. The van der Waals surface area contributed by atoms with Gasteiger partial charge in [-0.15, -0.1) is 0 Å². The number of hydrogen-bond donors (Lipinski definition) is 2. The quantitative estimate of drug-likeness (QED) is 0.541. The van der Waals surface area contributed by atoms with Crippen molar-refractivity contribution in [3.8, 4) is 0 Å². The minimum Gasteiger partial charge on any atom is -0.395 e. The molecule has 1 fully saturated rings. The molecule has 0 spiro atoms. The maximum absolute atomic E-state index is 8.67. The maximum Gasteiger partial charge on any atom is 0.0587 e. The van der Waals surface area contributed by atoms with Crippen molar-refractivity contribution in [2.24, 2.45) is 5.92 Å². The summed E-state index contributed by atoms with van der Waals surface area (Å²) < 4.78 is 0. The van der Waals surface area contributed by atoms with E-state index in [1.54, 1.807) is 0 Å². The van der Waals surface area contributed by atoms with Gasteiger partial charge in [-0.05, 0) is 25.8 Å². The number of aliphatic hydroxyl groups is 1. The van der Waals surface area contributed by atoms with Crippen molar-refractivity contribution >= 4 is 0 Å². The van der Waals surface area contributed by atoms with E-state index in [1.165, 1.54) is 12.8 Å². The second-order valence-corrected chi connectivity index (χ2v) is 2.42. The summed E-state index contributed by atoms with van der Waals surface area (Å²) in [4.78, 5) is 0. The monoisotopic (exact) mass is 115 g/mol. The van der Waals surface area contributed by atoms with Crippen LogP contribution < -0.4 is 5.32 Å². The molecule has 0 aromatic heterocycles. The summed E-state index contributed by atoms with van der Waals surface area (Å²) >= 11 is 0. The first-order valence-corrected chi connectivity index (χ1v) is 3.16. The van der Waals surface area contributed by atoms with Gasteiger partial charge < -0.3 is 10.4 Å². The summed E-state index contributed by atoms with van der Waals surface area (Å²) in [5.74, 6) is 0.769. The van der Waals surface area contributed by atoms with Crippen molar-refractivity contribution in [2.75, 3.05) is 13.7 Å². The summed E-state index contributed by atoms with van der Waals surface area (Å²) in [5, 5.41) is 11.7. The molecule has 0 aromatic rings. The van der Waals surface area contributed by atoms with Crippen molar-refractivity contribution < 1.29 is 5.11 Å². The zero-order valence-corrected chi connectivity index (χ0v) is 5.22. The Hall–Kier alpha value is -0.0800. The minimum absolute atomic E-state index is 0.293. The Morgan fingerprint density at radius 3 is 2.50 bits per heavy atom. The zero-order valence-electron chi connectivity index (χ0n) is 5.22. The first kappa shape index (κ1) is 6.05. The fourth-order valence-corrected chi connectivity index (χ4v) is 0.975. The molecule has 1 aliphatic carbocycles. The largest absolute Gasteiger partial charge is 0.395 e. The van der Waals surface area contributed by atoms with Crippen LogP contribution in [0.25, 0.3) is 0 Å². The van der Waals surface area contributed by atoms with E-state index in [0.717, 1.165) is 5.92 Å². The molecule has 0 radical (unpaired) electrons. The van der Waals surface area contributed by atoms with Crippen LogP contribution in [0.5, 0.6) is 0 Å². The first-order valence-electron chi connectivity index (χ1n) is 3.16. The number of hydrogen-bond acceptors (Lipinski definition) is 2. The summed E-state index contributed by atoms with van der Waals surface area (Å²) in [5.41, 5.74) is 0. The van der Waals surface area contributed by atoms with Crippen LogP contribution in [0.15, 0.2) is 0 Å². The predicted molar refractivity (Wildman–Crippen MR) is 32.7 cm³/mol. The minimum atomic E-state index is 0.293. The van der Waals surface area contributed by atoms with Gasteiger partial charge in [0.1, 0.15) is 0 Å². The molecular weight excluding hydrogens is 102 g/mol. The third-order valence-electron chi connectivity index (χ3n) is 1.76. The Morgan fingerprint density at radius 1 is 1.75 bits per heavy atom. The molecule has 1 saturated carbocycles. The van der Waals surface area contributed by atoms with Gasteiger partial charge in [-0.2, -0.15) is 0 Å². The molecule has 48 valence electrons. The van der Waals surface area contributed by atoms with Crippen LogP contribution in [-0.2, 0) is 0 Å². The van der Waals surface area contributed by atoms with Crippen LogP contribution in [-0.4, -0.2) is 24.8 Å². The normalized spacial score (nSPS) is 23.2. The van der Waals surface area contributed by atoms with Crippen molar-refractivity contribution in [1.82, 2.24) is 5.32 Å². The molecule has 1 aliphatic rings. The van der Waals surface area contributed by atoms with E-state index >= 15 is 0 Å². The second kappa shape index (κ2) is 2.46. The molecule has 1 atom stereocenters. The molecule has 2 heteroatoms. The topological polar surface area (TPSA) is 32.3 Å². The molecule has 0 heterocycles. The smallest absolute Gasteiger partial charge is 0.0587 e. The molecular formula is C6H13NO. The van der Waals surface area contributed by atoms with Gasteiger partial charge in [-0.25, -0.2) is 0 Å². The lowest BCUT2D eigenvalue weighted by Crippen LogP contribution is -2.30. The van der Waals surface area contributed by atoms with Crippen LogP contribution in [0.2, 0.25) is 0 Å². The molecule has 0 aliphatic heterocycles. The van der Waals surface area contributed by atoms with Gasteiger partial charge in [-0.3, -0.25) is 0 Å². The Labute approximate surface area is 49.9 Å². The average Bonchev–Trinajstić information content (AvgIpc) is 2.53. The molecule has 1 rings (SSSR count). The highest BCUT2D eigenvalue weighted by atomic mass is 16.3. The fourth-order valence-electron chi connectivity index (χ4n) is 0.975. The van der Waals surface area contributed by atoms with Crippen molar-refractivity contribution in [3.63, 3.8) is 0 Å². The molecule has 0 saturated heterocycles. The van der Waals surface area contributed by atoms with Gasteiger partial charge in [0.2, 0.25) is 0 Å². The van der Waals surface area contributed by atoms with Gasteiger partial charge >= 0.3 is 0 Å². The van der Waals surface area contributed by atoms with Crippen molar-refractivity contribution in [1.29, 1.82) is 0 Å². The highest BCUT2D eigenvalue weighted by Crippen LogP contribution is 2.31. The van der Waals surface area contributed by atoms with Crippen LogP contribution in [0, 0.1) is 5.92 Å². The molecule has 1 unspecified atom stereocenters. The summed E-state index contributed by atoms with van der Waals surface area (Å²) in [6, 6.07) is 0.370. The molecule has 0 amide bonds.